The molecule has 0 aromatic heterocycles. The Balaban J connectivity index is 2.03. The van der Waals surface area contributed by atoms with E-state index in [4.69, 9.17) is 4.74 Å². The van der Waals surface area contributed by atoms with Crippen LogP contribution >= 0.6 is 0 Å². The van der Waals surface area contributed by atoms with Gasteiger partial charge in [-0.3, -0.25) is 0 Å². The zero-order valence-corrected chi connectivity index (χ0v) is 18.0. The lowest BCUT2D eigenvalue weighted by Crippen LogP contribution is -2.45. The van der Waals surface area contributed by atoms with Crippen LogP contribution in [0, 0.1) is 5.92 Å². The van der Waals surface area contributed by atoms with E-state index in [1.54, 1.807) is 18.2 Å². The van der Waals surface area contributed by atoms with E-state index in [2.05, 4.69) is 27.3 Å². The van der Waals surface area contributed by atoms with Crippen LogP contribution in [-0.4, -0.2) is 47.2 Å². The molecule has 1 saturated carbocycles. The summed E-state index contributed by atoms with van der Waals surface area (Å²) in [6, 6.07) is 7.35. The molecule has 0 amide bonds. The summed E-state index contributed by atoms with van der Waals surface area (Å²) in [5, 5.41) is 6.82. The van der Waals surface area contributed by atoms with Crippen LogP contribution in [0.4, 0.5) is 0 Å². The number of nitrogens with zero attached hydrogens (tertiary/aromatic N) is 1. The quantitative estimate of drug-likeness (QED) is 0.330. The van der Waals surface area contributed by atoms with Gasteiger partial charge in [-0.15, -0.1) is 0 Å². The summed E-state index contributed by atoms with van der Waals surface area (Å²) in [6.45, 7) is 6.12. The van der Waals surface area contributed by atoms with Crippen molar-refractivity contribution in [2.75, 3.05) is 26.8 Å². The van der Waals surface area contributed by atoms with Gasteiger partial charge in [-0.2, -0.15) is 0 Å². The molecule has 0 heterocycles. The molecule has 3 N–H and O–H groups in total. The van der Waals surface area contributed by atoms with Crippen molar-refractivity contribution >= 4 is 16.0 Å². The number of methoxy groups -OCH3 is 1. The smallest absolute Gasteiger partial charge is 0.240 e. The van der Waals surface area contributed by atoms with E-state index in [9.17, 15) is 8.42 Å². The fourth-order valence-corrected chi connectivity index (χ4v) is 4.50. The highest BCUT2D eigenvalue weighted by Gasteiger charge is 2.19. The molecule has 8 heteroatoms. The highest BCUT2D eigenvalue weighted by molar-refractivity contribution is 7.89. The van der Waals surface area contributed by atoms with E-state index in [1.807, 2.05) is 13.0 Å². The SMILES string of the molecule is CCNC(=NCc1cccc(S(=O)(=O)NCCOC)c1)NC1CCCC(C)C1. The molecule has 1 aromatic carbocycles. The maximum absolute atomic E-state index is 12.4. The second-order valence-corrected chi connectivity index (χ2v) is 9.11. The van der Waals surface area contributed by atoms with Crippen molar-refractivity contribution in [1.29, 1.82) is 0 Å². The fourth-order valence-electron chi connectivity index (χ4n) is 3.42. The van der Waals surface area contributed by atoms with E-state index < -0.39 is 10.0 Å². The molecule has 7 nitrogen and oxygen atoms in total. The van der Waals surface area contributed by atoms with Crippen LogP contribution in [0.1, 0.15) is 45.1 Å². The largest absolute Gasteiger partial charge is 0.383 e. The van der Waals surface area contributed by atoms with Gasteiger partial charge >= 0.3 is 0 Å². The molecule has 2 atom stereocenters. The average Bonchev–Trinajstić information content (AvgIpc) is 2.67. The zero-order chi connectivity index (χ0) is 20.4. The molecule has 158 valence electrons. The first-order chi connectivity index (χ1) is 13.4. The van der Waals surface area contributed by atoms with Gasteiger partial charge < -0.3 is 15.4 Å². The number of guanidine groups is 1. The van der Waals surface area contributed by atoms with Crippen molar-refractivity contribution in [3.63, 3.8) is 0 Å². The van der Waals surface area contributed by atoms with Gasteiger partial charge in [0.05, 0.1) is 18.0 Å². The Bertz CT molecular complexity index is 737. The van der Waals surface area contributed by atoms with Gasteiger partial charge in [-0.05, 0) is 43.4 Å². The molecule has 0 aliphatic heterocycles. The summed E-state index contributed by atoms with van der Waals surface area (Å²) in [5.41, 5.74) is 0.851. The highest BCUT2D eigenvalue weighted by Crippen LogP contribution is 2.23. The molecule has 2 unspecified atom stereocenters. The van der Waals surface area contributed by atoms with Crippen LogP contribution in [0.3, 0.4) is 0 Å². The summed E-state index contributed by atoms with van der Waals surface area (Å²) in [4.78, 5) is 4.91. The van der Waals surface area contributed by atoms with Gasteiger partial charge in [0, 0.05) is 26.2 Å². The van der Waals surface area contributed by atoms with Crippen molar-refractivity contribution in [3.8, 4) is 0 Å². The second-order valence-electron chi connectivity index (χ2n) is 7.35. The molecule has 0 spiro atoms. The van der Waals surface area contributed by atoms with Crippen molar-refractivity contribution in [3.05, 3.63) is 29.8 Å². The van der Waals surface area contributed by atoms with Crippen LogP contribution in [-0.2, 0) is 21.3 Å². The van der Waals surface area contributed by atoms with E-state index in [0.717, 1.165) is 36.8 Å². The summed E-state index contributed by atoms with van der Waals surface area (Å²) in [7, 11) is -2.00. The van der Waals surface area contributed by atoms with Crippen LogP contribution in [0.5, 0.6) is 0 Å². The number of rotatable bonds is 9. The van der Waals surface area contributed by atoms with Crippen molar-refractivity contribution in [1.82, 2.24) is 15.4 Å². The van der Waals surface area contributed by atoms with Crippen molar-refractivity contribution in [2.24, 2.45) is 10.9 Å². The maximum atomic E-state index is 12.4. The number of benzene rings is 1. The minimum Gasteiger partial charge on any atom is -0.383 e. The molecule has 1 aromatic rings. The van der Waals surface area contributed by atoms with E-state index in [1.165, 1.54) is 20.0 Å². The third-order valence-electron chi connectivity index (χ3n) is 4.85. The molecule has 1 aliphatic rings. The van der Waals surface area contributed by atoms with Gasteiger partial charge in [0.25, 0.3) is 0 Å². The lowest BCUT2D eigenvalue weighted by Gasteiger charge is -2.28. The monoisotopic (exact) mass is 410 g/mol. The number of hydrogen-bond donors (Lipinski definition) is 3. The fraction of sp³-hybridized carbons (Fsp3) is 0.650. The molecular formula is C20H34N4O3S. The van der Waals surface area contributed by atoms with Crippen LogP contribution < -0.4 is 15.4 Å². The Morgan fingerprint density at radius 1 is 1.32 bits per heavy atom. The Morgan fingerprint density at radius 3 is 2.86 bits per heavy atom. The molecule has 1 fully saturated rings. The molecule has 0 bridgehead atoms. The third kappa shape index (κ3) is 7.41. The number of nitrogens with one attached hydrogen (secondary N) is 3. The predicted molar refractivity (Wildman–Crippen MR) is 113 cm³/mol. The standard InChI is InChI=1S/C20H34N4O3S/c1-4-21-20(24-18-9-5-7-16(2)13-18)22-15-17-8-6-10-19(14-17)28(25,26)23-11-12-27-3/h6,8,10,14,16,18,23H,4-5,7,9,11-13,15H2,1-3H3,(H2,21,22,24). The summed E-state index contributed by atoms with van der Waals surface area (Å²) >= 11 is 0. The van der Waals surface area contributed by atoms with Gasteiger partial charge in [0.1, 0.15) is 0 Å². The van der Waals surface area contributed by atoms with Gasteiger partial charge in [0.2, 0.25) is 10.0 Å². The van der Waals surface area contributed by atoms with Crippen molar-refractivity contribution < 1.29 is 13.2 Å². The molecule has 28 heavy (non-hydrogen) atoms. The normalized spacial score (nSPS) is 20.8. The first kappa shape index (κ1) is 22.6. The molecule has 1 aliphatic carbocycles. The minimum absolute atomic E-state index is 0.246. The van der Waals surface area contributed by atoms with Gasteiger partial charge in [0.15, 0.2) is 5.96 Å². The third-order valence-corrected chi connectivity index (χ3v) is 6.31. The van der Waals surface area contributed by atoms with E-state index in [-0.39, 0.29) is 11.4 Å². The number of aliphatic imine (C=N–C) groups is 1. The Morgan fingerprint density at radius 2 is 2.14 bits per heavy atom. The summed E-state index contributed by atoms with van der Waals surface area (Å²) < 4.78 is 32.2. The van der Waals surface area contributed by atoms with Crippen LogP contribution in [0.2, 0.25) is 0 Å². The van der Waals surface area contributed by atoms with Crippen LogP contribution in [0.15, 0.2) is 34.2 Å². The second kappa shape index (κ2) is 11.4. The molecular weight excluding hydrogens is 376 g/mol. The molecule has 2 rings (SSSR count). The lowest BCUT2D eigenvalue weighted by molar-refractivity contribution is 0.204. The van der Waals surface area contributed by atoms with Gasteiger partial charge in [-0.1, -0.05) is 31.9 Å². The molecule has 0 radical (unpaired) electrons. The Hall–Kier alpha value is -1.64. The topological polar surface area (TPSA) is 91.8 Å². The van der Waals surface area contributed by atoms with Crippen LogP contribution in [0.25, 0.3) is 0 Å². The lowest BCUT2D eigenvalue weighted by atomic mass is 9.87. The Labute approximate surface area is 169 Å². The summed E-state index contributed by atoms with van der Waals surface area (Å²) in [5.74, 6) is 1.52. The summed E-state index contributed by atoms with van der Waals surface area (Å²) in [6.07, 6.45) is 4.86. The average molecular weight is 411 g/mol. The predicted octanol–water partition coefficient (Wildman–Crippen LogP) is 2.25. The first-order valence-electron chi connectivity index (χ1n) is 10.1. The van der Waals surface area contributed by atoms with Gasteiger partial charge in [-0.25, -0.2) is 18.1 Å². The maximum Gasteiger partial charge on any atom is 0.240 e. The first-order valence-corrected chi connectivity index (χ1v) is 11.5. The zero-order valence-electron chi connectivity index (χ0n) is 17.2. The van der Waals surface area contributed by atoms with E-state index >= 15 is 0 Å². The highest BCUT2D eigenvalue weighted by atomic mass is 32.2. The number of ether oxygens (including phenoxy) is 1. The molecule has 0 saturated heterocycles. The Kier molecular flexibility index (Phi) is 9.21. The van der Waals surface area contributed by atoms with Crippen molar-refractivity contribution in [2.45, 2.75) is 57.0 Å². The number of sulfonamides is 1. The minimum atomic E-state index is -3.54. The van der Waals surface area contributed by atoms with E-state index in [0.29, 0.717) is 19.2 Å². The number of hydrogen-bond acceptors (Lipinski definition) is 4.